The van der Waals surface area contributed by atoms with Gasteiger partial charge < -0.3 is 14.3 Å². The second-order valence-electron chi connectivity index (χ2n) is 23.3. The maximum Gasteiger partial charge on any atom is 0.198 e. The fraction of sp³-hybridized carbons (Fsp3) is 0.238. The SMILES string of the molecule is CC(C)(C)c1ccc(Nc2cc3c(cc2-c2ccc4c5cc6sc7ccccc7c6cc5n5c4c2Bc2cc4c(cc2-5)-c2ccccc2C4(C)C)oc2cc4c(cc23)C(C)(C)CCC4(C)C)cc1. The molecule has 4 heterocycles. The number of thiophene rings is 1. The van der Waals surface area contributed by atoms with Crippen LogP contribution in [0.1, 0.15) is 103 Å². The minimum Gasteiger partial charge on any atom is -0.456 e. The fourth-order valence-electron chi connectivity index (χ4n) is 12.8. The van der Waals surface area contributed by atoms with Crippen molar-refractivity contribution in [3.8, 4) is 27.9 Å². The zero-order chi connectivity index (χ0) is 46.4. The van der Waals surface area contributed by atoms with Gasteiger partial charge in [0.15, 0.2) is 7.28 Å². The van der Waals surface area contributed by atoms with Crippen molar-refractivity contribution in [2.45, 2.75) is 96.8 Å². The molecule has 0 atom stereocenters. The van der Waals surface area contributed by atoms with Crippen molar-refractivity contribution in [3.63, 3.8) is 0 Å². The molecule has 0 radical (unpaired) electrons. The number of furan rings is 1. The second-order valence-corrected chi connectivity index (χ2v) is 24.4. The number of hydrogen-bond donors (Lipinski definition) is 1. The highest BCUT2D eigenvalue weighted by Gasteiger charge is 2.40. The van der Waals surface area contributed by atoms with E-state index in [2.05, 4.69) is 206 Å². The first-order chi connectivity index (χ1) is 32.5. The quantitative estimate of drug-likeness (QED) is 0.179. The number of nitrogens with one attached hydrogen (secondary N) is 1. The van der Waals surface area contributed by atoms with Crippen LogP contribution < -0.4 is 16.2 Å². The van der Waals surface area contributed by atoms with Crippen molar-refractivity contribution >= 4 is 105 Å². The first-order valence-corrected chi connectivity index (χ1v) is 25.5. The highest BCUT2D eigenvalue weighted by atomic mass is 32.1. The molecule has 3 aliphatic rings. The zero-order valence-electron chi connectivity index (χ0n) is 40.6. The average Bonchev–Trinajstić information content (AvgIpc) is 4.02. The summed E-state index contributed by atoms with van der Waals surface area (Å²) in [6.07, 6.45) is 2.33. The van der Waals surface area contributed by atoms with Gasteiger partial charge in [0.05, 0.1) is 5.52 Å². The predicted molar refractivity (Wildman–Crippen MR) is 294 cm³/mol. The van der Waals surface area contributed by atoms with Crippen LogP contribution in [0.25, 0.3) is 91.9 Å². The van der Waals surface area contributed by atoms with Gasteiger partial charge in [-0.15, -0.1) is 11.3 Å². The van der Waals surface area contributed by atoms with Crippen LogP contribution in [0.15, 0.2) is 138 Å². The molecule has 2 aliphatic carbocycles. The van der Waals surface area contributed by atoms with Gasteiger partial charge in [-0.3, -0.25) is 0 Å². The highest BCUT2D eigenvalue weighted by Crippen LogP contribution is 2.52. The lowest BCUT2D eigenvalue weighted by atomic mass is 9.58. The molecule has 1 aliphatic heterocycles. The van der Waals surface area contributed by atoms with Crippen LogP contribution >= 0.6 is 11.3 Å². The molecule has 0 saturated heterocycles. The van der Waals surface area contributed by atoms with E-state index >= 15 is 0 Å². The van der Waals surface area contributed by atoms with E-state index in [1.54, 1.807) is 0 Å². The molecule has 0 bridgehead atoms. The Morgan fingerprint density at radius 2 is 1.28 bits per heavy atom. The molecule has 0 spiro atoms. The Morgan fingerprint density at radius 1 is 0.559 bits per heavy atom. The van der Waals surface area contributed by atoms with Crippen LogP contribution in [0, 0.1) is 0 Å². The normalized spacial score (nSPS) is 16.4. The standard InChI is InChI=1S/C63H55BN2OS/c1-60(2,3)34-18-20-35(21-19-34)65-51-27-44-43-26-48-49(62(6,7)25-24-61(48,4)5)33-55(43)67-54(44)30-41(51)38-22-23-39-42-31-57-45(37-15-11-13-17-56(37)68-57)29-52(42)66-53-28-40-36-14-10-12-16-46(36)63(8,9)47(40)32-50(53)64-58(38)59(39)66/h10-23,26-33,64-65H,24-25H2,1-9H3. The van der Waals surface area contributed by atoms with E-state index in [4.69, 9.17) is 4.42 Å². The summed E-state index contributed by atoms with van der Waals surface area (Å²) in [5.74, 6) is 0. The maximum atomic E-state index is 7.05. The zero-order valence-corrected chi connectivity index (χ0v) is 41.4. The van der Waals surface area contributed by atoms with E-state index < -0.39 is 0 Å². The van der Waals surface area contributed by atoms with Crippen molar-refractivity contribution in [1.82, 2.24) is 4.57 Å². The molecular weight excluding hydrogens is 844 g/mol. The third-order valence-electron chi connectivity index (χ3n) is 16.8. The van der Waals surface area contributed by atoms with E-state index in [0.29, 0.717) is 0 Å². The van der Waals surface area contributed by atoms with Gasteiger partial charge in [0.1, 0.15) is 11.2 Å². The van der Waals surface area contributed by atoms with Gasteiger partial charge in [0.2, 0.25) is 0 Å². The Bertz CT molecular complexity index is 4030. The van der Waals surface area contributed by atoms with Crippen LogP contribution in [0.4, 0.5) is 11.4 Å². The maximum absolute atomic E-state index is 7.05. The summed E-state index contributed by atoms with van der Waals surface area (Å²) in [6, 6.07) is 51.5. The molecule has 332 valence electrons. The van der Waals surface area contributed by atoms with Gasteiger partial charge in [-0.1, -0.05) is 141 Å². The highest BCUT2D eigenvalue weighted by molar-refractivity contribution is 7.25. The summed E-state index contributed by atoms with van der Waals surface area (Å²) in [5.41, 5.74) is 22.9. The molecule has 3 nitrogen and oxygen atoms in total. The predicted octanol–water partition coefficient (Wildman–Crippen LogP) is 16.1. The molecule has 14 rings (SSSR count). The van der Waals surface area contributed by atoms with Crippen molar-refractivity contribution < 1.29 is 4.42 Å². The average molecular weight is 899 g/mol. The summed E-state index contributed by atoms with van der Waals surface area (Å²) in [7, 11) is 0.824. The van der Waals surface area contributed by atoms with Crippen molar-refractivity contribution in [1.29, 1.82) is 0 Å². The molecule has 68 heavy (non-hydrogen) atoms. The van der Waals surface area contributed by atoms with Gasteiger partial charge in [-0.05, 0) is 140 Å². The van der Waals surface area contributed by atoms with E-state index in [0.717, 1.165) is 47.2 Å². The third kappa shape index (κ3) is 5.54. The lowest BCUT2D eigenvalue weighted by Gasteiger charge is -2.41. The van der Waals surface area contributed by atoms with Gasteiger partial charge in [-0.25, -0.2) is 0 Å². The summed E-state index contributed by atoms with van der Waals surface area (Å²) in [4.78, 5) is 0. The number of hydrogen-bond acceptors (Lipinski definition) is 3. The fourth-order valence-corrected chi connectivity index (χ4v) is 13.9. The number of aromatic nitrogens is 1. The number of rotatable bonds is 3. The Kier molecular flexibility index (Phi) is 7.96. The topological polar surface area (TPSA) is 30.1 Å². The lowest BCUT2D eigenvalue weighted by Crippen LogP contribution is -2.38. The molecule has 0 amide bonds. The lowest BCUT2D eigenvalue weighted by molar-refractivity contribution is 0.332. The van der Waals surface area contributed by atoms with Crippen LogP contribution in [0.5, 0.6) is 0 Å². The first-order valence-electron chi connectivity index (χ1n) is 24.7. The summed E-state index contributed by atoms with van der Waals surface area (Å²) < 4.78 is 12.3. The molecule has 8 aromatic carbocycles. The monoisotopic (exact) mass is 898 g/mol. The summed E-state index contributed by atoms with van der Waals surface area (Å²) in [5, 5.41) is 11.6. The van der Waals surface area contributed by atoms with E-state index in [-0.39, 0.29) is 21.7 Å². The molecule has 3 aromatic heterocycles. The van der Waals surface area contributed by atoms with Gasteiger partial charge in [0.25, 0.3) is 0 Å². The Labute approximate surface area is 403 Å². The van der Waals surface area contributed by atoms with Crippen LogP contribution in [0.3, 0.4) is 0 Å². The Hall–Kier alpha value is -6.56. The number of anilines is 2. The van der Waals surface area contributed by atoms with Gasteiger partial charge >= 0.3 is 0 Å². The van der Waals surface area contributed by atoms with Crippen molar-refractivity contribution in [3.05, 3.63) is 161 Å². The van der Waals surface area contributed by atoms with Crippen LogP contribution in [-0.2, 0) is 21.7 Å². The molecule has 0 unspecified atom stereocenters. The Morgan fingerprint density at radius 3 is 2.07 bits per heavy atom. The number of benzene rings is 8. The minimum absolute atomic E-state index is 0.0625. The van der Waals surface area contributed by atoms with Gasteiger partial charge in [0, 0.05) is 75.3 Å². The molecule has 0 saturated carbocycles. The molecule has 5 heteroatoms. The largest absolute Gasteiger partial charge is 0.456 e. The summed E-state index contributed by atoms with van der Waals surface area (Å²) >= 11 is 1.90. The molecule has 11 aromatic rings. The van der Waals surface area contributed by atoms with Crippen molar-refractivity contribution in [2.24, 2.45) is 0 Å². The van der Waals surface area contributed by atoms with E-state index in [1.165, 1.54) is 115 Å². The second kappa shape index (κ2) is 13.4. The molecule has 0 fully saturated rings. The van der Waals surface area contributed by atoms with Gasteiger partial charge in [-0.2, -0.15) is 0 Å². The van der Waals surface area contributed by atoms with E-state index in [1.807, 2.05) is 11.3 Å². The summed E-state index contributed by atoms with van der Waals surface area (Å²) in [6.45, 7) is 21.3. The van der Waals surface area contributed by atoms with E-state index in [9.17, 15) is 0 Å². The Balaban J connectivity index is 1.05. The number of nitrogens with zero attached hydrogens (tertiary/aromatic N) is 1. The first kappa shape index (κ1) is 40.5. The molecular formula is C63H55BN2OS. The smallest absolute Gasteiger partial charge is 0.198 e. The number of fused-ring (bicyclic) bond motifs is 15. The minimum atomic E-state index is -0.105. The van der Waals surface area contributed by atoms with Crippen LogP contribution in [-0.4, -0.2) is 11.8 Å². The van der Waals surface area contributed by atoms with Crippen molar-refractivity contribution in [2.75, 3.05) is 5.32 Å². The molecule has 1 N–H and O–H groups in total. The van der Waals surface area contributed by atoms with Crippen LogP contribution in [0.2, 0.25) is 0 Å². The third-order valence-corrected chi connectivity index (χ3v) is 18.0.